The van der Waals surface area contributed by atoms with Gasteiger partial charge in [0.2, 0.25) is 0 Å². The van der Waals surface area contributed by atoms with Crippen LogP contribution in [0.1, 0.15) is 5.56 Å². The summed E-state index contributed by atoms with van der Waals surface area (Å²) in [5.74, 6) is 1.47. The first-order chi connectivity index (χ1) is 8.53. The predicted octanol–water partition coefficient (Wildman–Crippen LogP) is 0.802. The number of aliphatic hydroxyl groups is 2. The minimum absolute atomic E-state index is 0.268. The van der Waals surface area contributed by atoms with Gasteiger partial charge in [-0.15, -0.1) is 0 Å². The molecule has 2 N–H and O–H groups in total. The molecule has 0 spiro atoms. The smallest absolute Gasteiger partial charge is 0.142 e. The lowest BCUT2D eigenvalue weighted by molar-refractivity contribution is 0.101. The highest BCUT2D eigenvalue weighted by Gasteiger charge is 2.14. The van der Waals surface area contributed by atoms with Crippen molar-refractivity contribution in [2.24, 2.45) is 0 Å². The van der Waals surface area contributed by atoms with E-state index in [9.17, 15) is 5.11 Å². The largest absolute Gasteiger partial charge is 0.496 e. The van der Waals surface area contributed by atoms with Gasteiger partial charge < -0.3 is 24.6 Å². The van der Waals surface area contributed by atoms with E-state index in [4.69, 9.17) is 14.6 Å². The van der Waals surface area contributed by atoms with Gasteiger partial charge >= 0.3 is 0 Å². The van der Waals surface area contributed by atoms with Crippen LogP contribution in [0.3, 0.4) is 0 Å². The fourth-order valence-electron chi connectivity index (χ4n) is 1.80. The van der Waals surface area contributed by atoms with Crippen molar-refractivity contribution in [3.05, 3.63) is 17.7 Å². The molecule has 0 aliphatic rings. The lowest BCUT2D eigenvalue weighted by Gasteiger charge is -2.24. The van der Waals surface area contributed by atoms with E-state index >= 15 is 0 Å². The summed E-state index contributed by atoms with van der Waals surface area (Å²) in [6.45, 7) is 1.99. The lowest BCUT2D eigenvalue weighted by atomic mass is 10.1. The van der Waals surface area contributed by atoms with E-state index in [0.717, 1.165) is 17.0 Å². The van der Waals surface area contributed by atoms with Gasteiger partial charge in [0, 0.05) is 19.7 Å². The monoisotopic (exact) mass is 255 g/mol. The number of hydrogen-bond donors (Lipinski definition) is 2. The summed E-state index contributed by atoms with van der Waals surface area (Å²) < 4.78 is 10.6. The maximum atomic E-state index is 9.47. The Balaban J connectivity index is 3.05. The number of aliphatic hydroxyl groups excluding tert-OH is 2. The van der Waals surface area contributed by atoms with Crippen LogP contribution in [0.25, 0.3) is 0 Å². The fourth-order valence-corrected chi connectivity index (χ4v) is 1.80. The Morgan fingerprint density at radius 2 is 1.83 bits per heavy atom. The van der Waals surface area contributed by atoms with Gasteiger partial charge in [0.25, 0.3) is 0 Å². The molecule has 102 valence electrons. The molecule has 1 aromatic carbocycles. The molecule has 18 heavy (non-hydrogen) atoms. The Hall–Kier alpha value is -1.46. The minimum Gasteiger partial charge on any atom is -0.496 e. The standard InChI is InChI=1S/C13H21NO4/c1-9-5-13(18-4)11(6-12(9)17-3)14(2)7-10(16)8-15/h5-6,10,15-16H,7-8H2,1-4H3. The number of benzene rings is 1. The molecule has 0 aliphatic heterocycles. The number of anilines is 1. The predicted molar refractivity (Wildman–Crippen MR) is 70.6 cm³/mol. The number of nitrogens with zero attached hydrogens (tertiary/aromatic N) is 1. The van der Waals surface area contributed by atoms with Crippen LogP contribution in [0.5, 0.6) is 11.5 Å². The van der Waals surface area contributed by atoms with Crippen LogP contribution in [0, 0.1) is 6.92 Å². The Labute approximate surface area is 108 Å². The third-order valence-electron chi connectivity index (χ3n) is 2.80. The molecule has 1 atom stereocenters. The number of rotatable bonds is 6. The summed E-state index contributed by atoms with van der Waals surface area (Å²) in [4.78, 5) is 1.82. The topological polar surface area (TPSA) is 62.2 Å². The Kier molecular flexibility index (Phi) is 5.25. The Morgan fingerprint density at radius 1 is 1.22 bits per heavy atom. The van der Waals surface area contributed by atoms with Crippen molar-refractivity contribution in [3.63, 3.8) is 0 Å². The number of aryl methyl sites for hydroxylation is 1. The molecule has 0 bridgehead atoms. The molecule has 0 aliphatic carbocycles. The first kappa shape index (κ1) is 14.6. The van der Waals surface area contributed by atoms with Gasteiger partial charge in [-0.05, 0) is 18.6 Å². The summed E-state index contributed by atoms with van der Waals surface area (Å²) in [5, 5.41) is 18.3. The molecule has 0 aromatic heterocycles. The van der Waals surface area contributed by atoms with Crippen molar-refractivity contribution in [1.29, 1.82) is 0 Å². The summed E-state index contributed by atoms with van der Waals surface area (Å²) in [7, 11) is 5.04. The zero-order valence-electron chi connectivity index (χ0n) is 11.3. The second-order valence-electron chi connectivity index (χ2n) is 4.21. The molecule has 0 amide bonds. The van der Waals surface area contributed by atoms with E-state index in [-0.39, 0.29) is 6.61 Å². The van der Waals surface area contributed by atoms with Gasteiger partial charge in [0.1, 0.15) is 11.5 Å². The van der Waals surface area contributed by atoms with Gasteiger partial charge in [-0.2, -0.15) is 0 Å². The second kappa shape index (κ2) is 6.47. The molecule has 0 saturated carbocycles. The third-order valence-corrected chi connectivity index (χ3v) is 2.80. The molecular formula is C13H21NO4. The van der Waals surface area contributed by atoms with Crippen molar-refractivity contribution in [3.8, 4) is 11.5 Å². The van der Waals surface area contributed by atoms with Crippen molar-refractivity contribution in [2.45, 2.75) is 13.0 Å². The molecular weight excluding hydrogens is 234 g/mol. The molecule has 0 radical (unpaired) electrons. The minimum atomic E-state index is -0.785. The number of likely N-dealkylation sites (N-methyl/N-ethyl adjacent to an activating group) is 1. The average Bonchev–Trinajstić information content (AvgIpc) is 2.37. The first-order valence-corrected chi connectivity index (χ1v) is 5.76. The summed E-state index contributed by atoms with van der Waals surface area (Å²) >= 11 is 0. The van der Waals surface area contributed by atoms with Gasteiger partial charge in [0.05, 0.1) is 32.6 Å². The van der Waals surface area contributed by atoms with Gasteiger partial charge in [0.15, 0.2) is 0 Å². The van der Waals surface area contributed by atoms with Crippen molar-refractivity contribution in [1.82, 2.24) is 0 Å². The second-order valence-corrected chi connectivity index (χ2v) is 4.21. The van der Waals surface area contributed by atoms with Crippen LogP contribution in [0.15, 0.2) is 12.1 Å². The van der Waals surface area contributed by atoms with Crippen LogP contribution in [-0.4, -0.2) is 50.7 Å². The number of ether oxygens (including phenoxy) is 2. The van der Waals surface area contributed by atoms with Crippen molar-refractivity contribution >= 4 is 5.69 Å². The molecule has 5 heteroatoms. The van der Waals surface area contributed by atoms with Crippen LogP contribution in [0.4, 0.5) is 5.69 Å². The number of hydrogen-bond acceptors (Lipinski definition) is 5. The van der Waals surface area contributed by atoms with Gasteiger partial charge in [-0.1, -0.05) is 0 Å². The van der Waals surface area contributed by atoms with E-state index < -0.39 is 6.10 Å². The normalized spacial score (nSPS) is 12.1. The first-order valence-electron chi connectivity index (χ1n) is 5.76. The molecule has 0 heterocycles. The average molecular weight is 255 g/mol. The number of methoxy groups -OCH3 is 2. The SMILES string of the molecule is COc1cc(N(C)CC(O)CO)c(OC)cc1C. The highest BCUT2D eigenvalue weighted by Crippen LogP contribution is 2.34. The molecule has 1 unspecified atom stereocenters. The maximum Gasteiger partial charge on any atom is 0.142 e. The van der Waals surface area contributed by atoms with Crippen molar-refractivity contribution < 1.29 is 19.7 Å². The summed E-state index contributed by atoms with van der Waals surface area (Å²) in [6, 6.07) is 3.74. The molecule has 0 saturated heterocycles. The zero-order valence-corrected chi connectivity index (χ0v) is 11.3. The highest BCUT2D eigenvalue weighted by molar-refractivity contribution is 5.63. The zero-order chi connectivity index (χ0) is 13.7. The fraction of sp³-hybridized carbons (Fsp3) is 0.538. The van der Waals surface area contributed by atoms with Gasteiger partial charge in [-0.25, -0.2) is 0 Å². The van der Waals surface area contributed by atoms with Crippen LogP contribution in [-0.2, 0) is 0 Å². The van der Waals surface area contributed by atoms with Crippen LogP contribution in [0.2, 0.25) is 0 Å². The van der Waals surface area contributed by atoms with Crippen LogP contribution < -0.4 is 14.4 Å². The quantitative estimate of drug-likeness (QED) is 0.787. The molecule has 1 aromatic rings. The third kappa shape index (κ3) is 3.27. The maximum absolute atomic E-state index is 9.47. The van der Waals surface area contributed by atoms with E-state index in [1.54, 1.807) is 14.2 Å². The highest BCUT2D eigenvalue weighted by atomic mass is 16.5. The molecule has 0 fully saturated rings. The Morgan fingerprint density at radius 3 is 2.33 bits per heavy atom. The van der Waals surface area contributed by atoms with E-state index in [0.29, 0.717) is 12.3 Å². The molecule has 1 rings (SSSR count). The van der Waals surface area contributed by atoms with E-state index in [1.807, 2.05) is 31.0 Å². The molecule has 5 nitrogen and oxygen atoms in total. The van der Waals surface area contributed by atoms with Gasteiger partial charge in [-0.3, -0.25) is 0 Å². The van der Waals surface area contributed by atoms with Crippen LogP contribution >= 0.6 is 0 Å². The lowest BCUT2D eigenvalue weighted by Crippen LogP contribution is -2.31. The summed E-state index contributed by atoms with van der Waals surface area (Å²) in [6.07, 6.45) is -0.785. The van der Waals surface area contributed by atoms with E-state index in [1.165, 1.54) is 0 Å². The van der Waals surface area contributed by atoms with Crippen molar-refractivity contribution in [2.75, 3.05) is 39.3 Å². The van der Waals surface area contributed by atoms with E-state index in [2.05, 4.69) is 0 Å². The Bertz CT molecular complexity index is 395. The summed E-state index contributed by atoms with van der Waals surface area (Å²) in [5.41, 5.74) is 1.79.